The predicted molar refractivity (Wildman–Crippen MR) is 72.4 cm³/mol. The van der Waals surface area contributed by atoms with Crippen LogP contribution in [-0.4, -0.2) is 0 Å². The molecule has 0 amide bonds. The Labute approximate surface area is 117 Å². The first-order valence-electron chi connectivity index (χ1n) is 5.51. The molecule has 19 heavy (non-hydrogen) atoms. The van der Waals surface area contributed by atoms with E-state index in [1.165, 1.54) is 17.4 Å². The Morgan fingerprint density at radius 1 is 1.21 bits per heavy atom. The Morgan fingerprint density at radius 2 is 1.89 bits per heavy atom. The summed E-state index contributed by atoms with van der Waals surface area (Å²) in [5, 5.41) is -0.291. The first-order chi connectivity index (χ1) is 8.79. The monoisotopic (exact) mass is 305 g/mol. The maximum Gasteiger partial charge on any atom is 0.417 e. The number of hydrogen-bond acceptors (Lipinski definition) is 2. The van der Waals surface area contributed by atoms with Gasteiger partial charge in [-0.15, -0.1) is 11.3 Å². The zero-order valence-electron chi connectivity index (χ0n) is 9.96. The van der Waals surface area contributed by atoms with E-state index in [0.717, 1.165) is 15.8 Å². The lowest BCUT2D eigenvalue weighted by Gasteiger charge is -2.10. The third-order valence-electron chi connectivity index (χ3n) is 2.63. The Kier molecular flexibility index (Phi) is 3.90. The van der Waals surface area contributed by atoms with Gasteiger partial charge in [-0.3, -0.25) is 0 Å². The van der Waals surface area contributed by atoms with Gasteiger partial charge in [-0.2, -0.15) is 13.2 Å². The molecule has 0 saturated carbocycles. The summed E-state index contributed by atoms with van der Waals surface area (Å²) in [4.78, 5) is 1.67. The highest BCUT2D eigenvalue weighted by atomic mass is 35.5. The molecule has 0 fully saturated rings. The zero-order valence-corrected chi connectivity index (χ0v) is 11.5. The Hall–Kier alpha value is -1.04. The smallest absolute Gasteiger partial charge is 0.324 e. The van der Waals surface area contributed by atoms with Crippen LogP contribution in [0.15, 0.2) is 30.3 Å². The first-order valence-corrected chi connectivity index (χ1v) is 6.71. The summed E-state index contributed by atoms with van der Waals surface area (Å²) < 4.78 is 38.3. The van der Waals surface area contributed by atoms with Gasteiger partial charge >= 0.3 is 6.18 Å². The Bertz CT molecular complexity index is 590. The van der Waals surface area contributed by atoms with Crippen LogP contribution in [0, 0.1) is 0 Å². The molecule has 0 aliphatic carbocycles. The highest BCUT2D eigenvalue weighted by Gasteiger charge is 2.33. The van der Waals surface area contributed by atoms with Crippen LogP contribution in [0.3, 0.4) is 0 Å². The lowest BCUT2D eigenvalue weighted by molar-refractivity contribution is -0.137. The van der Waals surface area contributed by atoms with Gasteiger partial charge in [0.1, 0.15) is 0 Å². The Morgan fingerprint density at radius 3 is 2.42 bits per heavy atom. The standard InChI is InChI=1S/C13H11ClF3NS/c1-7(18)11-4-5-12(19-11)8-2-3-10(14)9(6-8)13(15,16)17/h2-7H,18H2,1H3. The van der Waals surface area contributed by atoms with Crippen molar-refractivity contribution in [3.63, 3.8) is 0 Å². The second-order valence-corrected chi connectivity index (χ2v) is 5.71. The van der Waals surface area contributed by atoms with Crippen LogP contribution >= 0.6 is 22.9 Å². The number of rotatable bonds is 2. The predicted octanol–water partition coefficient (Wildman–Crippen LogP) is 5.11. The van der Waals surface area contributed by atoms with Gasteiger partial charge in [0.25, 0.3) is 0 Å². The largest absolute Gasteiger partial charge is 0.417 e. The molecule has 102 valence electrons. The molecule has 2 rings (SSSR count). The van der Waals surface area contributed by atoms with E-state index in [9.17, 15) is 13.2 Å². The highest BCUT2D eigenvalue weighted by molar-refractivity contribution is 7.15. The molecular weight excluding hydrogens is 295 g/mol. The molecule has 6 heteroatoms. The van der Waals surface area contributed by atoms with Crippen molar-refractivity contribution in [2.75, 3.05) is 0 Å². The van der Waals surface area contributed by atoms with E-state index in [4.69, 9.17) is 17.3 Å². The summed E-state index contributed by atoms with van der Waals surface area (Å²) in [6.07, 6.45) is -4.45. The number of thiophene rings is 1. The number of benzene rings is 1. The lowest BCUT2D eigenvalue weighted by atomic mass is 10.1. The molecule has 0 aliphatic rings. The number of alkyl halides is 3. The van der Waals surface area contributed by atoms with Gasteiger partial charge in [-0.25, -0.2) is 0 Å². The van der Waals surface area contributed by atoms with Gasteiger partial charge in [0.2, 0.25) is 0 Å². The molecule has 0 spiro atoms. The summed E-state index contributed by atoms with van der Waals surface area (Å²) in [7, 11) is 0. The quantitative estimate of drug-likeness (QED) is 0.820. The summed E-state index contributed by atoms with van der Waals surface area (Å²) in [5.74, 6) is 0. The molecular formula is C13H11ClF3NS. The second kappa shape index (κ2) is 5.15. The van der Waals surface area contributed by atoms with Gasteiger partial charge < -0.3 is 5.73 Å². The van der Waals surface area contributed by atoms with Gasteiger partial charge in [-0.05, 0) is 36.8 Å². The maximum absolute atomic E-state index is 12.8. The van der Waals surface area contributed by atoms with Crippen LogP contribution in [-0.2, 0) is 6.18 Å². The van der Waals surface area contributed by atoms with Crippen LogP contribution in [0.4, 0.5) is 13.2 Å². The van der Waals surface area contributed by atoms with Gasteiger partial charge in [0.15, 0.2) is 0 Å². The van der Waals surface area contributed by atoms with Crippen LogP contribution < -0.4 is 5.73 Å². The van der Waals surface area contributed by atoms with Crippen molar-refractivity contribution >= 4 is 22.9 Å². The van der Waals surface area contributed by atoms with Crippen molar-refractivity contribution in [1.82, 2.24) is 0 Å². The van der Waals surface area contributed by atoms with E-state index in [1.807, 2.05) is 13.0 Å². The molecule has 1 nitrogen and oxygen atoms in total. The van der Waals surface area contributed by atoms with Crippen molar-refractivity contribution in [1.29, 1.82) is 0 Å². The molecule has 0 radical (unpaired) electrons. The first kappa shape index (κ1) is 14.4. The number of halogens is 4. The molecule has 0 aliphatic heterocycles. The summed E-state index contributed by atoms with van der Waals surface area (Å²) in [5.41, 5.74) is 5.41. The molecule has 2 aromatic rings. The third-order valence-corrected chi connectivity index (χ3v) is 4.30. The SMILES string of the molecule is CC(N)c1ccc(-c2ccc(Cl)c(C(F)(F)F)c2)s1. The number of nitrogens with two attached hydrogens (primary N) is 1. The van der Waals surface area contributed by atoms with Crippen molar-refractivity contribution in [3.8, 4) is 10.4 Å². The molecule has 1 atom stereocenters. The molecule has 1 unspecified atom stereocenters. The topological polar surface area (TPSA) is 26.0 Å². The van der Waals surface area contributed by atoms with E-state index >= 15 is 0 Å². The van der Waals surface area contributed by atoms with Crippen molar-refractivity contribution < 1.29 is 13.2 Å². The Balaban J connectivity index is 2.45. The summed E-state index contributed by atoms with van der Waals surface area (Å²) >= 11 is 6.97. The highest BCUT2D eigenvalue weighted by Crippen LogP contribution is 2.39. The third kappa shape index (κ3) is 3.11. The fourth-order valence-electron chi connectivity index (χ4n) is 1.65. The lowest BCUT2D eigenvalue weighted by Crippen LogP contribution is -2.05. The minimum Gasteiger partial charge on any atom is -0.324 e. The van der Waals surface area contributed by atoms with Gasteiger partial charge in [-0.1, -0.05) is 17.7 Å². The van der Waals surface area contributed by atoms with Crippen LogP contribution in [0.1, 0.15) is 23.4 Å². The average Bonchev–Trinajstić information content (AvgIpc) is 2.77. The van der Waals surface area contributed by atoms with Crippen molar-refractivity contribution in [3.05, 3.63) is 45.8 Å². The fourth-order valence-corrected chi connectivity index (χ4v) is 2.83. The summed E-state index contributed by atoms with van der Waals surface area (Å²) in [6.45, 7) is 1.83. The molecule has 1 aromatic heterocycles. The molecule has 0 bridgehead atoms. The minimum atomic E-state index is -4.45. The average molecular weight is 306 g/mol. The van der Waals surface area contributed by atoms with Gasteiger partial charge in [0.05, 0.1) is 10.6 Å². The molecule has 1 heterocycles. The summed E-state index contributed by atoms with van der Waals surface area (Å²) in [6, 6.07) is 7.38. The maximum atomic E-state index is 12.8. The van der Waals surface area contributed by atoms with Crippen LogP contribution in [0.2, 0.25) is 5.02 Å². The molecule has 1 aromatic carbocycles. The van der Waals surface area contributed by atoms with Crippen LogP contribution in [0.25, 0.3) is 10.4 Å². The van der Waals surface area contributed by atoms with Gasteiger partial charge in [0, 0.05) is 15.8 Å². The van der Waals surface area contributed by atoms with Crippen molar-refractivity contribution in [2.45, 2.75) is 19.1 Å². The molecule has 2 N–H and O–H groups in total. The van der Waals surface area contributed by atoms with E-state index < -0.39 is 11.7 Å². The molecule has 0 saturated heterocycles. The number of hydrogen-bond donors (Lipinski definition) is 1. The van der Waals surface area contributed by atoms with Crippen molar-refractivity contribution in [2.24, 2.45) is 5.73 Å². The van der Waals surface area contributed by atoms with E-state index in [0.29, 0.717) is 5.56 Å². The zero-order chi connectivity index (χ0) is 14.2. The van der Waals surface area contributed by atoms with E-state index in [1.54, 1.807) is 12.1 Å². The van der Waals surface area contributed by atoms with E-state index in [2.05, 4.69) is 0 Å². The normalized spacial score (nSPS) is 13.6. The fraction of sp³-hybridized carbons (Fsp3) is 0.231. The van der Waals surface area contributed by atoms with E-state index in [-0.39, 0.29) is 11.1 Å². The van der Waals surface area contributed by atoms with Crippen LogP contribution in [0.5, 0.6) is 0 Å². The second-order valence-electron chi connectivity index (χ2n) is 4.18. The minimum absolute atomic E-state index is 0.131.